The van der Waals surface area contributed by atoms with Gasteiger partial charge in [0.2, 0.25) is 5.91 Å². The molecule has 0 bridgehead atoms. The second-order valence-corrected chi connectivity index (χ2v) is 18.6. The van der Waals surface area contributed by atoms with Crippen molar-refractivity contribution in [1.29, 1.82) is 0 Å². The Bertz CT molecular complexity index is 951. The van der Waals surface area contributed by atoms with Gasteiger partial charge in [0, 0.05) is 12.8 Å². The molecule has 0 radical (unpaired) electrons. The lowest BCUT2D eigenvalue weighted by molar-refractivity contribution is -0.143. The van der Waals surface area contributed by atoms with Crippen LogP contribution in [0.1, 0.15) is 290 Å². The fraction of sp³-hybridized carbons (Fsp3) is 0.891. The number of esters is 1. The summed E-state index contributed by atoms with van der Waals surface area (Å²) in [5.41, 5.74) is 0. The van der Waals surface area contributed by atoms with Crippen LogP contribution >= 0.6 is 0 Å². The Hall–Kier alpha value is -1.66. The molecule has 1 amide bonds. The predicted molar refractivity (Wildman–Crippen MR) is 264 cm³/mol. The van der Waals surface area contributed by atoms with Crippen molar-refractivity contribution in [2.75, 3.05) is 13.2 Å². The monoisotopic (exact) mass is 860 g/mol. The van der Waals surface area contributed by atoms with Crippen LogP contribution in [0, 0.1) is 0 Å². The number of carbonyl (C=O) groups is 2. The number of aliphatic hydroxyl groups is 2. The maximum Gasteiger partial charge on any atom is 0.305 e. The van der Waals surface area contributed by atoms with Crippen molar-refractivity contribution < 1.29 is 24.5 Å². The Kier molecular flexibility index (Phi) is 49.6. The van der Waals surface area contributed by atoms with E-state index in [0.717, 1.165) is 57.8 Å². The van der Waals surface area contributed by atoms with E-state index in [0.29, 0.717) is 19.4 Å². The standard InChI is InChI=1S/C55H105NO5/c1-3-5-7-9-11-13-15-16-17-18-19-20-21-22-23-24-28-31-35-39-43-47-53(58)52(51-57)56-54(59)48-44-40-36-32-29-25-26-30-34-38-42-46-50-61-55(60)49-45-41-37-33-27-14-12-10-8-6-4-2/h10,12,43,47,52-53,57-58H,3-9,11,13-42,44-46,48-51H2,1-2H3,(H,56,59)/b12-10-,47-43+. The molecule has 0 spiro atoms. The van der Waals surface area contributed by atoms with Crippen molar-refractivity contribution in [2.24, 2.45) is 0 Å². The smallest absolute Gasteiger partial charge is 0.305 e. The van der Waals surface area contributed by atoms with Gasteiger partial charge in [-0.15, -0.1) is 0 Å². The zero-order chi connectivity index (χ0) is 44.4. The average Bonchev–Trinajstić information content (AvgIpc) is 3.26. The molecule has 360 valence electrons. The maximum atomic E-state index is 12.5. The number of carbonyl (C=O) groups excluding carboxylic acids is 2. The summed E-state index contributed by atoms with van der Waals surface area (Å²) in [7, 11) is 0. The lowest BCUT2D eigenvalue weighted by Crippen LogP contribution is -2.45. The molecule has 0 fully saturated rings. The highest BCUT2D eigenvalue weighted by molar-refractivity contribution is 5.76. The summed E-state index contributed by atoms with van der Waals surface area (Å²) in [4.78, 5) is 24.4. The first-order chi connectivity index (χ1) is 30.0. The molecule has 6 nitrogen and oxygen atoms in total. The van der Waals surface area contributed by atoms with E-state index >= 15 is 0 Å². The van der Waals surface area contributed by atoms with Crippen LogP contribution in [0.3, 0.4) is 0 Å². The molecule has 3 N–H and O–H groups in total. The lowest BCUT2D eigenvalue weighted by atomic mass is 10.0. The molecule has 61 heavy (non-hydrogen) atoms. The summed E-state index contributed by atoms with van der Waals surface area (Å²) in [6.07, 6.45) is 60.4. The van der Waals surface area contributed by atoms with Gasteiger partial charge >= 0.3 is 5.97 Å². The Morgan fingerprint density at radius 2 is 0.787 bits per heavy atom. The van der Waals surface area contributed by atoms with Gasteiger partial charge in [-0.2, -0.15) is 0 Å². The van der Waals surface area contributed by atoms with Gasteiger partial charge in [0.25, 0.3) is 0 Å². The maximum absolute atomic E-state index is 12.5. The molecular weight excluding hydrogens is 755 g/mol. The van der Waals surface area contributed by atoms with Crippen molar-refractivity contribution in [1.82, 2.24) is 5.32 Å². The van der Waals surface area contributed by atoms with E-state index in [-0.39, 0.29) is 18.5 Å². The molecule has 0 aromatic rings. The summed E-state index contributed by atoms with van der Waals surface area (Å²) in [5, 5.41) is 23.1. The van der Waals surface area contributed by atoms with Crippen LogP contribution in [-0.4, -0.2) is 47.4 Å². The second kappa shape index (κ2) is 51.0. The third-order valence-electron chi connectivity index (χ3n) is 12.5. The molecule has 0 saturated carbocycles. The first kappa shape index (κ1) is 59.3. The SMILES string of the molecule is CCCC/C=C\CCCCCCCC(=O)OCCCCCCCCCCCCCCC(=O)NC(CO)C(O)/C=C/CCCCCCCCCCCCCCCCCCCCC. The van der Waals surface area contributed by atoms with Crippen molar-refractivity contribution in [3.8, 4) is 0 Å². The van der Waals surface area contributed by atoms with E-state index in [1.165, 1.54) is 205 Å². The Morgan fingerprint density at radius 1 is 0.443 bits per heavy atom. The molecule has 0 aliphatic carbocycles. The molecule has 2 atom stereocenters. The van der Waals surface area contributed by atoms with Crippen LogP contribution in [0.25, 0.3) is 0 Å². The normalized spacial score (nSPS) is 12.8. The number of rotatable bonds is 50. The first-order valence-corrected chi connectivity index (χ1v) is 27.1. The van der Waals surface area contributed by atoms with E-state index < -0.39 is 12.1 Å². The zero-order valence-electron chi connectivity index (χ0n) is 40.9. The predicted octanol–water partition coefficient (Wildman–Crippen LogP) is 16.3. The number of amides is 1. The summed E-state index contributed by atoms with van der Waals surface area (Å²) < 4.78 is 5.44. The highest BCUT2D eigenvalue weighted by Gasteiger charge is 2.18. The van der Waals surface area contributed by atoms with Crippen LogP contribution in [-0.2, 0) is 14.3 Å². The minimum atomic E-state index is -0.855. The van der Waals surface area contributed by atoms with Gasteiger partial charge in [0.05, 0.1) is 25.4 Å². The minimum Gasteiger partial charge on any atom is -0.466 e. The number of hydrogen-bond acceptors (Lipinski definition) is 5. The molecule has 0 rings (SSSR count). The number of hydrogen-bond donors (Lipinski definition) is 3. The third-order valence-corrected chi connectivity index (χ3v) is 12.5. The molecule has 0 heterocycles. The van der Waals surface area contributed by atoms with Crippen LogP contribution in [0.15, 0.2) is 24.3 Å². The summed E-state index contributed by atoms with van der Waals surface area (Å²) in [6, 6.07) is -0.640. The van der Waals surface area contributed by atoms with Gasteiger partial charge in [-0.25, -0.2) is 0 Å². The molecule has 0 aliphatic heterocycles. The molecule has 0 aromatic heterocycles. The number of allylic oxidation sites excluding steroid dienone is 3. The second-order valence-electron chi connectivity index (χ2n) is 18.6. The van der Waals surface area contributed by atoms with Gasteiger partial charge < -0.3 is 20.3 Å². The average molecular weight is 860 g/mol. The Labute approximate surface area is 380 Å². The van der Waals surface area contributed by atoms with Crippen molar-refractivity contribution >= 4 is 11.9 Å². The highest BCUT2D eigenvalue weighted by Crippen LogP contribution is 2.16. The highest BCUT2D eigenvalue weighted by atomic mass is 16.5. The molecule has 0 aliphatic rings. The van der Waals surface area contributed by atoms with E-state index in [1.807, 2.05) is 6.08 Å². The molecule has 0 aromatic carbocycles. The van der Waals surface area contributed by atoms with Crippen LogP contribution in [0.2, 0.25) is 0 Å². The van der Waals surface area contributed by atoms with Crippen LogP contribution in [0.5, 0.6) is 0 Å². The molecule has 6 heteroatoms. The zero-order valence-corrected chi connectivity index (χ0v) is 40.9. The van der Waals surface area contributed by atoms with Crippen molar-refractivity contribution in [3.05, 3.63) is 24.3 Å². The summed E-state index contributed by atoms with van der Waals surface area (Å²) >= 11 is 0. The van der Waals surface area contributed by atoms with Crippen LogP contribution in [0.4, 0.5) is 0 Å². The number of ether oxygens (including phenoxy) is 1. The number of nitrogens with one attached hydrogen (secondary N) is 1. The largest absolute Gasteiger partial charge is 0.466 e. The molecule has 2 unspecified atom stereocenters. The van der Waals surface area contributed by atoms with E-state index in [9.17, 15) is 19.8 Å². The fourth-order valence-electron chi connectivity index (χ4n) is 8.26. The van der Waals surface area contributed by atoms with Crippen molar-refractivity contribution in [3.63, 3.8) is 0 Å². The molecular formula is C55H105NO5. The quantitative estimate of drug-likeness (QED) is 0.0322. The Morgan fingerprint density at radius 3 is 1.21 bits per heavy atom. The minimum absolute atomic E-state index is 0.0217. The van der Waals surface area contributed by atoms with Crippen LogP contribution < -0.4 is 5.32 Å². The topological polar surface area (TPSA) is 95.9 Å². The van der Waals surface area contributed by atoms with Gasteiger partial charge in [0.15, 0.2) is 0 Å². The molecule has 0 saturated heterocycles. The summed E-state index contributed by atoms with van der Waals surface area (Å²) in [5.74, 6) is -0.104. The van der Waals surface area contributed by atoms with Gasteiger partial charge in [-0.3, -0.25) is 9.59 Å². The first-order valence-electron chi connectivity index (χ1n) is 27.1. The van der Waals surface area contributed by atoms with Gasteiger partial charge in [-0.05, 0) is 51.4 Å². The number of unbranched alkanes of at least 4 members (excludes halogenated alkanes) is 37. The fourth-order valence-corrected chi connectivity index (χ4v) is 8.26. The Balaban J connectivity index is 3.51. The van der Waals surface area contributed by atoms with Gasteiger partial charge in [-0.1, -0.05) is 250 Å². The number of aliphatic hydroxyl groups excluding tert-OH is 2. The lowest BCUT2D eigenvalue weighted by Gasteiger charge is -2.20. The van der Waals surface area contributed by atoms with E-state index in [1.54, 1.807) is 6.08 Å². The van der Waals surface area contributed by atoms with E-state index in [4.69, 9.17) is 4.74 Å². The van der Waals surface area contributed by atoms with Crippen molar-refractivity contribution in [2.45, 2.75) is 302 Å². The van der Waals surface area contributed by atoms with E-state index in [2.05, 4.69) is 31.3 Å². The summed E-state index contributed by atoms with van der Waals surface area (Å²) in [6.45, 7) is 4.84. The third kappa shape index (κ3) is 47.7. The van der Waals surface area contributed by atoms with Gasteiger partial charge in [0.1, 0.15) is 0 Å².